The van der Waals surface area contributed by atoms with E-state index in [1.54, 1.807) is 0 Å². The van der Waals surface area contributed by atoms with Crippen molar-refractivity contribution in [3.05, 3.63) is 23.3 Å². The van der Waals surface area contributed by atoms with Crippen molar-refractivity contribution in [2.75, 3.05) is 7.11 Å². The first-order chi connectivity index (χ1) is 8.04. The highest BCUT2D eigenvalue weighted by Crippen LogP contribution is 2.29. The molecule has 0 aromatic heterocycles. The molecule has 1 aliphatic heterocycles. The zero-order valence-corrected chi connectivity index (χ0v) is 9.00. The van der Waals surface area contributed by atoms with Crippen LogP contribution in [0, 0.1) is 0 Å². The normalized spacial score (nSPS) is 28.1. The minimum absolute atomic E-state index is 0.0615. The molecule has 6 nitrogen and oxygen atoms in total. The fourth-order valence-corrected chi connectivity index (χ4v) is 1.83. The Kier molecular flexibility index (Phi) is 2.91. The summed E-state index contributed by atoms with van der Waals surface area (Å²) < 4.78 is 9.41. The summed E-state index contributed by atoms with van der Waals surface area (Å²) >= 11 is 0. The summed E-state index contributed by atoms with van der Waals surface area (Å²) in [7, 11) is 1.18. The van der Waals surface area contributed by atoms with Gasteiger partial charge in [-0.25, -0.2) is 4.79 Å². The van der Waals surface area contributed by atoms with Crippen molar-refractivity contribution >= 4 is 17.5 Å². The molecule has 0 radical (unpaired) electrons. The number of ether oxygens (including phenoxy) is 2. The molecule has 0 aromatic carbocycles. The predicted octanol–water partition coefficient (Wildman–Crippen LogP) is -0.729. The van der Waals surface area contributed by atoms with Crippen molar-refractivity contribution in [3.8, 4) is 0 Å². The molecule has 2 rings (SSSR count). The molecule has 2 atom stereocenters. The second-order valence-corrected chi connectivity index (χ2v) is 3.66. The minimum Gasteiger partial charge on any atom is -0.467 e. The van der Waals surface area contributed by atoms with Gasteiger partial charge in [0.1, 0.15) is 0 Å². The largest absolute Gasteiger partial charge is 0.467 e. The first-order valence-corrected chi connectivity index (χ1v) is 4.95. The highest BCUT2D eigenvalue weighted by Gasteiger charge is 2.39. The maximum Gasteiger partial charge on any atom is 0.335 e. The van der Waals surface area contributed by atoms with Gasteiger partial charge in [0.2, 0.25) is 0 Å². The zero-order valence-electron chi connectivity index (χ0n) is 9.00. The lowest BCUT2D eigenvalue weighted by molar-refractivity contribution is -0.175. The first-order valence-electron chi connectivity index (χ1n) is 4.95. The van der Waals surface area contributed by atoms with Crippen LogP contribution in [0.25, 0.3) is 0 Å². The average molecular weight is 238 g/mol. The summed E-state index contributed by atoms with van der Waals surface area (Å²) in [5.74, 6) is -1.56. The zero-order chi connectivity index (χ0) is 12.6. The van der Waals surface area contributed by atoms with E-state index in [2.05, 4.69) is 4.74 Å². The Morgan fingerprint density at radius 1 is 1.41 bits per heavy atom. The van der Waals surface area contributed by atoms with E-state index in [1.165, 1.54) is 7.11 Å². The Morgan fingerprint density at radius 2 is 2.06 bits per heavy atom. The van der Waals surface area contributed by atoms with E-state index in [0.717, 1.165) is 12.2 Å². The molecule has 1 heterocycles. The number of esters is 1. The minimum atomic E-state index is -1.57. The third kappa shape index (κ3) is 1.92. The highest BCUT2D eigenvalue weighted by atomic mass is 16.6. The van der Waals surface area contributed by atoms with Crippen LogP contribution in [0.15, 0.2) is 23.3 Å². The van der Waals surface area contributed by atoms with Crippen molar-refractivity contribution in [2.24, 2.45) is 0 Å². The maximum absolute atomic E-state index is 11.6. The Morgan fingerprint density at radius 3 is 2.71 bits per heavy atom. The molecule has 0 saturated carbocycles. The number of aliphatic hydroxyl groups excluding tert-OH is 1. The second kappa shape index (κ2) is 4.23. The lowest BCUT2D eigenvalue weighted by Crippen LogP contribution is -2.40. The Labute approximate surface area is 96.5 Å². The van der Waals surface area contributed by atoms with Gasteiger partial charge < -0.3 is 14.6 Å². The summed E-state index contributed by atoms with van der Waals surface area (Å²) in [4.78, 5) is 34.3. The number of methoxy groups -OCH3 is 1. The quantitative estimate of drug-likeness (QED) is 0.478. The van der Waals surface area contributed by atoms with Gasteiger partial charge in [0, 0.05) is 12.0 Å². The van der Waals surface area contributed by atoms with Crippen LogP contribution in [-0.2, 0) is 23.9 Å². The van der Waals surface area contributed by atoms with E-state index in [9.17, 15) is 19.5 Å². The van der Waals surface area contributed by atoms with E-state index in [4.69, 9.17) is 4.74 Å². The average Bonchev–Trinajstić information content (AvgIpc) is 2.32. The van der Waals surface area contributed by atoms with Gasteiger partial charge in [0.15, 0.2) is 24.0 Å². The van der Waals surface area contributed by atoms with Crippen molar-refractivity contribution in [3.63, 3.8) is 0 Å². The van der Waals surface area contributed by atoms with E-state index in [1.807, 2.05) is 0 Å². The monoisotopic (exact) mass is 238 g/mol. The predicted molar refractivity (Wildman–Crippen MR) is 53.7 cm³/mol. The Balaban J connectivity index is 2.35. The molecular formula is C11H10O6. The third-order valence-electron chi connectivity index (χ3n) is 2.67. The van der Waals surface area contributed by atoms with Crippen LogP contribution >= 0.6 is 0 Å². The number of allylic oxidation sites excluding steroid dienone is 2. The molecule has 6 heteroatoms. The van der Waals surface area contributed by atoms with Gasteiger partial charge >= 0.3 is 5.97 Å². The van der Waals surface area contributed by atoms with Crippen LogP contribution in [0.5, 0.6) is 0 Å². The number of aliphatic hydroxyl groups is 1. The van der Waals surface area contributed by atoms with E-state index in [-0.39, 0.29) is 17.6 Å². The van der Waals surface area contributed by atoms with Crippen molar-refractivity contribution in [1.29, 1.82) is 0 Å². The first kappa shape index (κ1) is 11.7. The molecule has 1 N–H and O–H groups in total. The Bertz CT molecular complexity index is 459. The van der Waals surface area contributed by atoms with Crippen LogP contribution in [0.1, 0.15) is 6.42 Å². The van der Waals surface area contributed by atoms with Gasteiger partial charge in [-0.15, -0.1) is 0 Å². The fraction of sp³-hybridized carbons (Fsp3) is 0.364. The lowest BCUT2D eigenvalue weighted by Gasteiger charge is -2.29. The van der Waals surface area contributed by atoms with Crippen LogP contribution in [0.2, 0.25) is 0 Å². The lowest BCUT2D eigenvalue weighted by atomic mass is 9.88. The van der Waals surface area contributed by atoms with E-state index < -0.39 is 29.9 Å². The van der Waals surface area contributed by atoms with Crippen LogP contribution in [-0.4, -0.2) is 42.1 Å². The van der Waals surface area contributed by atoms with Crippen LogP contribution in [0.4, 0.5) is 0 Å². The SMILES string of the molecule is COC(=O)C1CC2=C(C(=O)C=CC2=O)C(O)O1. The fourth-order valence-electron chi connectivity index (χ4n) is 1.83. The van der Waals surface area contributed by atoms with Gasteiger partial charge in [0.05, 0.1) is 12.7 Å². The number of hydrogen-bond acceptors (Lipinski definition) is 6. The second-order valence-electron chi connectivity index (χ2n) is 3.66. The van der Waals surface area contributed by atoms with E-state index in [0.29, 0.717) is 0 Å². The van der Waals surface area contributed by atoms with E-state index >= 15 is 0 Å². The van der Waals surface area contributed by atoms with Crippen molar-refractivity contribution < 1.29 is 29.0 Å². The summed E-state index contributed by atoms with van der Waals surface area (Å²) in [6.07, 6.45) is -0.491. The molecule has 90 valence electrons. The van der Waals surface area contributed by atoms with Crippen LogP contribution < -0.4 is 0 Å². The number of carbonyl (C=O) groups is 3. The molecule has 0 fully saturated rings. The number of rotatable bonds is 1. The Hall–Kier alpha value is -1.79. The number of ketones is 2. The summed E-state index contributed by atoms with van der Waals surface area (Å²) in [5.41, 5.74) is 0.0318. The summed E-state index contributed by atoms with van der Waals surface area (Å²) in [6.45, 7) is 0. The standard InChI is InChI=1S/C11H10O6/c1-16-10(14)8-4-5-6(12)2-3-7(13)9(5)11(15)17-8/h2-3,8,11,15H,4H2,1H3. The van der Waals surface area contributed by atoms with Gasteiger partial charge in [-0.05, 0) is 12.2 Å². The van der Waals surface area contributed by atoms with Gasteiger partial charge in [-0.2, -0.15) is 0 Å². The summed E-state index contributed by atoms with van der Waals surface area (Å²) in [5, 5.41) is 9.61. The molecule has 2 aliphatic rings. The van der Waals surface area contributed by atoms with Gasteiger partial charge in [-0.1, -0.05) is 0 Å². The molecule has 0 saturated heterocycles. The molecule has 0 amide bonds. The number of carbonyl (C=O) groups excluding carboxylic acids is 3. The molecule has 0 bridgehead atoms. The molecule has 0 spiro atoms. The maximum atomic E-state index is 11.6. The smallest absolute Gasteiger partial charge is 0.335 e. The highest BCUT2D eigenvalue weighted by molar-refractivity contribution is 6.20. The van der Waals surface area contributed by atoms with Crippen molar-refractivity contribution in [1.82, 2.24) is 0 Å². The van der Waals surface area contributed by atoms with Crippen LogP contribution in [0.3, 0.4) is 0 Å². The molecule has 0 aromatic rings. The molecule has 17 heavy (non-hydrogen) atoms. The molecular weight excluding hydrogens is 228 g/mol. The molecule has 2 unspecified atom stereocenters. The number of hydrogen-bond donors (Lipinski definition) is 1. The summed E-state index contributed by atoms with van der Waals surface area (Å²) in [6, 6.07) is 0. The van der Waals surface area contributed by atoms with Crippen molar-refractivity contribution in [2.45, 2.75) is 18.8 Å². The topological polar surface area (TPSA) is 89.9 Å². The van der Waals surface area contributed by atoms with Gasteiger partial charge in [-0.3, -0.25) is 9.59 Å². The third-order valence-corrected chi connectivity index (χ3v) is 2.67. The van der Waals surface area contributed by atoms with Gasteiger partial charge in [0.25, 0.3) is 0 Å². The molecule has 1 aliphatic carbocycles.